The van der Waals surface area contributed by atoms with Gasteiger partial charge in [0, 0.05) is 25.6 Å². The number of nitrogens with two attached hydrogens (primary N) is 1. The molecule has 0 heterocycles. The minimum Gasteiger partial charge on any atom is -0.341 e. The Morgan fingerprint density at radius 2 is 1.94 bits per heavy atom. The Morgan fingerprint density at radius 1 is 1.33 bits per heavy atom. The summed E-state index contributed by atoms with van der Waals surface area (Å²) in [6.45, 7) is 8.52. The summed E-state index contributed by atoms with van der Waals surface area (Å²) in [5.74, 6) is 0.0865. The summed E-state index contributed by atoms with van der Waals surface area (Å²) < 4.78 is 0. The van der Waals surface area contributed by atoms with Crippen LogP contribution in [0.3, 0.4) is 0 Å². The van der Waals surface area contributed by atoms with Crippen LogP contribution < -0.4 is 5.73 Å². The highest BCUT2D eigenvalue weighted by Gasteiger charge is 2.19. The third-order valence-electron chi connectivity index (χ3n) is 2.94. The number of carbonyl (C=O) groups excluding carboxylic acids is 1. The van der Waals surface area contributed by atoms with E-state index >= 15 is 0 Å². The quantitative estimate of drug-likeness (QED) is 0.889. The standard InChI is InChI=1S/C15H24N2O/c1-11-6-7-12(2)13(8-11)10-17(5)14(18)9-15(3,4)16/h6-8H,9-10,16H2,1-5H3. The average Bonchev–Trinajstić information content (AvgIpc) is 2.21. The maximum absolute atomic E-state index is 12.0. The van der Waals surface area contributed by atoms with E-state index in [1.54, 1.807) is 4.90 Å². The summed E-state index contributed by atoms with van der Waals surface area (Å²) in [5, 5.41) is 0. The lowest BCUT2D eigenvalue weighted by Crippen LogP contribution is -2.39. The Balaban J connectivity index is 2.72. The van der Waals surface area contributed by atoms with E-state index in [2.05, 4.69) is 32.0 Å². The van der Waals surface area contributed by atoms with Crippen molar-refractivity contribution in [2.24, 2.45) is 5.73 Å². The molecule has 0 aliphatic carbocycles. The van der Waals surface area contributed by atoms with Crippen molar-refractivity contribution in [3.05, 3.63) is 34.9 Å². The SMILES string of the molecule is Cc1ccc(C)c(CN(C)C(=O)CC(C)(C)N)c1. The Hall–Kier alpha value is -1.35. The van der Waals surface area contributed by atoms with Crippen LogP contribution in [0.4, 0.5) is 0 Å². The molecular formula is C15H24N2O. The molecule has 0 saturated heterocycles. The number of hydrogen-bond acceptors (Lipinski definition) is 2. The molecule has 1 rings (SSSR count). The summed E-state index contributed by atoms with van der Waals surface area (Å²) >= 11 is 0. The molecule has 0 atom stereocenters. The maximum Gasteiger partial charge on any atom is 0.224 e. The van der Waals surface area contributed by atoms with Crippen molar-refractivity contribution in [3.8, 4) is 0 Å². The summed E-state index contributed by atoms with van der Waals surface area (Å²) in [6, 6.07) is 6.31. The lowest BCUT2D eigenvalue weighted by Gasteiger charge is -2.24. The molecule has 1 aromatic rings. The van der Waals surface area contributed by atoms with E-state index in [0.29, 0.717) is 13.0 Å². The lowest BCUT2D eigenvalue weighted by atomic mass is 10.0. The van der Waals surface area contributed by atoms with Gasteiger partial charge in [-0.15, -0.1) is 0 Å². The van der Waals surface area contributed by atoms with Crippen LogP contribution in [-0.4, -0.2) is 23.4 Å². The molecule has 0 aliphatic heterocycles. The van der Waals surface area contributed by atoms with Crippen molar-refractivity contribution in [3.63, 3.8) is 0 Å². The fourth-order valence-electron chi connectivity index (χ4n) is 1.84. The first-order valence-corrected chi connectivity index (χ1v) is 6.28. The van der Waals surface area contributed by atoms with Crippen molar-refractivity contribution in [1.82, 2.24) is 4.90 Å². The molecule has 0 bridgehead atoms. The predicted octanol–water partition coefficient (Wildman–Crippen LogP) is 2.39. The first kappa shape index (κ1) is 14.7. The average molecular weight is 248 g/mol. The Kier molecular flexibility index (Phi) is 4.52. The number of rotatable bonds is 4. The highest BCUT2D eigenvalue weighted by molar-refractivity contribution is 5.77. The van der Waals surface area contributed by atoms with Crippen molar-refractivity contribution in [2.75, 3.05) is 7.05 Å². The fourth-order valence-corrected chi connectivity index (χ4v) is 1.84. The monoisotopic (exact) mass is 248 g/mol. The highest BCUT2D eigenvalue weighted by atomic mass is 16.2. The molecule has 3 nitrogen and oxygen atoms in total. The van der Waals surface area contributed by atoms with Crippen LogP contribution in [0, 0.1) is 13.8 Å². The minimum atomic E-state index is -0.451. The van der Waals surface area contributed by atoms with Gasteiger partial charge in [0.25, 0.3) is 0 Å². The van der Waals surface area contributed by atoms with E-state index < -0.39 is 5.54 Å². The number of hydrogen-bond donors (Lipinski definition) is 1. The summed E-state index contributed by atoms with van der Waals surface area (Å²) in [5.41, 5.74) is 9.05. The normalized spacial score (nSPS) is 11.4. The summed E-state index contributed by atoms with van der Waals surface area (Å²) in [6.07, 6.45) is 0.369. The first-order chi connectivity index (χ1) is 8.19. The van der Waals surface area contributed by atoms with Crippen LogP contribution in [0.15, 0.2) is 18.2 Å². The van der Waals surface area contributed by atoms with Gasteiger partial charge in [0.15, 0.2) is 0 Å². The molecule has 0 aliphatic rings. The van der Waals surface area contributed by atoms with Crippen molar-refractivity contribution in [1.29, 1.82) is 0 Å². The molecule has 1 amide bonds. The van der Waals surface area contributed by atoms with Crippen molar-refractivity contribution in [2.45, 2.75) is 46.2 Å². The molecule has 0 fully saturated rings. The zero-order chi connectivity index (χ0) is 13.9. The van der Waals surface area contributed by atoms with Crippen LogP contribution in [0.5, 0.6) is 0 Å². The Labute approximate surface area is 110 Å². The van der Waals surface area contributed by atoms with E-state index in [1.807, 2.05) is 20.9 Å². The maximum atomic E-state index is 12.0. The van der Waals surface area contributed by atoms with Gasteiger partial charge in [-0.25, -0.2) is 0 Å². The van der Waals surface area contributed by atoms with Gasteiger partial charge in [0.2, 0.25) is 5.91 Å². The molecule has 0 saturated carbocycles. The zero-order valence-electron chi connectivity index (χ0n) is 12.1. The van der Waals surface area contributed by atoms with Crippen LogP contribution in [0.25, 0.3) is 0 Å². The van der Waals surface area contributed by atoms with Gasteiger partial charge in [-0.2, -0.15) is 0 Å². The fraction of sp³-hybridized carbons (Fsp3) is 0.533. The van der Waals surface area contributed by atoms with Crippen LogP contribution in [0.1, 0.15) is 37.0 Å². The molecule has 100 valence electrons. The Morgan fingerprint density at radius 3 is 2.50 bits per heavy atom. The molecule has 0 aromatic heterocycles. The zero-order valence-corrected chi connectivity index (χ0v) is 12.1. The number of carbonyl (C=O) groups is 1. The van der Waals surface area contributed by atoms with Crippen molar-refractivity contribution >= 4 is 5.91 Å². The van der Waals surface area contributed by atoms with Gasteiger partial charge in [-0.3, -0.25) is 4.79 Å². The van der Waals surface area contributed by atoms with E-state index in [9.17, 15) is 4.79 Å². The third kappa shape index (κ3) is 4.49. The Bertz CT molecular complexity index is 433. The van der Waals surface area contributed by atoms with E-state index in [0.717, 1.165) is 0 Å². The van der Waals surface area contributed by atoms with Crippen LogP contribution in [-0.2, 0) is 11.3 Å². The number of amides is 1. The van der Waals surface area contributed by atoms with E-state index in [4.69, 9.17) is 5.73 Å². The molecule has 1 aromatic carbocycles. The van der Waals surface area contributed by atoms with Crippen LogP contribution >= 0.6 is 0 Å². The molecule has 18 heavy (non-hydrogen) atoms. The molecule has 2 N–H and O–H groups in total. The predicted molar refractivity (Wildman–Crippen MR) is 75.3 cm³/mol. The van der Waals surface area contributed by atoms with Gasteiger partial charge in [0.1, 0.15) is 0 Å². The second kappa shape index (κ2) is 5.53. The minimum absolute atomic E-state index is 0.0865. The molecule has 0 unspecified atom stereocenters. The highest BCUT2D eigenvalue weighted by Crippen LogP contribution is 2.14. The largest absolute Gasteiger partial charge is 0.341 e. The molecular weight excluding hydrogens is 224 g/mol. The smallest absolute Gasteiger partial charge is 0.224 e. The third-order valence-corrected chi connectivity index (χ3v) is 2.94. The number of nitrogens with zero attached hydrogens (tertiary/aromatic N) is 1. The molecule has 0 radical (unpaired) electrons. The number of benzene rings is 1. The van der Waals surface area contributed by atoms with E-state index in [1.165, 1.54) is 16.7 Å². The van der Waals surface area contributed by atoms with Gasteiger partial charge < -0.3 is 10.6 Å². The van der Waals surface area contributed by atoms with Gasteiger partial charge in [-0.1, -0.05) is 23.8 Å². The summed E-state index contributed by atoms with van der Waals surface area (Å²) in [7, 11) is 1.83. The second-order valence-electron chi connectivity index (χ2n) is 5.85. The summed E-state index contributed by atoms with van der Waals surface area (Å²) in [4.78, 5) is 13.8. The van der Waals surface area contributed by atoms with E-state index in [-0.39, 0.29) is 5.91 Å². The van der Waals surface area contributed by atoms with Crippen LogP contribution in [0.2, 0.25) is 0 Å². The number of aryl methyl sites for hydroxylation is 2. The van der Waals surface area contributed by atoms with Gasteiger partial charge in [-0.05, 0) is 38.8 Å². The topological polar surface area (TPSA) is 46.3 Å². The lowest BCUT2D eigenvalue weighted by molar-refractivity contribution is -0.131. The second-order valence-corrected chi connectivity index (χ2v) is 5.85. The molecule has 0 spiro atoms. The van der Waals surface area contributed by atoms with Crippen molar-refractivity contribution < 1.29 is 4.79 Å². The van der Waals surface area contributed by atoms with Gasteiger partial charge >= 0.3 is 0 Å². The van der Waals surface area contributed by atoms with Gasteiger partial charge in [0.05, 0.1) is 0 Å². The molecule has 3 heteroatoms. The first-order valence-electron chi connectivity index (χ1n) is 6.28.